The molecular weight excluding hydrogens is 258 g/mol. The Morgan fingerprint density at radius 3 is 3.00 bits per heavy atom. The van der Waals surface area contributed by atoms with Gasteiger partial charge in [0.15, 0.2) is 0 Å². The number of primary amides is 1. The van der Waals surface area contributed by atoms with Crippen LogP contribution in [0, 0.1) is 0 Å². The van der Waals surface area contributed by atoms with Gasteiger partial charge in [-0.2, -0.15) is 0 Å². The van der Waals surface area contributed by atoms with Crippen LogP contribution in [-0.4, -0.2) is 39.8 Å². The van der Waals surface area contributed by atoms with Crippen LogP contribution in [0.5, 0.6) is 0 Å². The van der Waals surface area contributed by atoms with E-state index in [0.717, 1.165) is 25.1 Å². The van der Waals surface area contributed by atoms with Crippen molar-refractivity contribution in [3.8, 4) is 0 Å². The number of rotatable bonds is 5. The van der Waals surface area contributed by atoms with Gasteiger partial charge in [0, 0.05) is 6.92 Å². The predicted molar refractivity (Wildman–Crippen MR) is 72.3 cm³/mol. The van der Waals surface area contributed by atoms with E-state index in [1.54, 1.807) is 12.4 Å². The second-order valence-corrected chi connectivity index (χ2v) is 4.94. The molecule has 0 spiro atoms. The van der Waals surface area contributed by atoms with E-state index in [9.17, 15) is 9.59 Å². The Bertz CT molecular complexity index is 505. The number of aromatic nitrogens is 2. The number of hydrogen-bond acceptors (Lipinski definition) is 5. The molecular formula is C13H19N5O2. The third-order valence-electron chi connectivity index (χ3n) is 3.29. The van der Waals surface area contributed by atoms with E-state index < -0.39 is 0 Å². The highest BCUT2D eigenvalue weighted by Gasteiger charge is 2.28. The van der Waals surface area contributed by atoms with E-state index in [1.807, 2.05) is 4.90 Å². The van der Waals surface area contributed by atoms with Crippen molar-refractivity contribution in [1.29, 1.82) is 0 Å². The molecule has 0 unspecified atom stereocenters. The van der Waals surface area contributed by atoms with E-state index in [4.69, 9.17) is 5.73 Å². The highest BCUT2D eigenvalue weighted by molar-refractivity contribution is 5.76. The smallest absolute Gasteiger partial charge is 0.231 e. The molecule has 0 saturated carbocycles. The van der Waals surface area contributed by atoms with Crippen molar-refractivity contribution >= 4 is 11.8 Å². The molecule has 7 heteroatoms. The first kappa shape index (κ1) is 14.4. The van der Waals surface area contributed by atoms with Crippen molar-refractivity contribution in [2.75, 3.05) is 13.1 Å². The average molecular weight is 277 g/mol. The van der Waals surface area contributed by atoms with Crippen molar-refractivity contribution in [2.45, 2.75) is 32.4 Å². The fourth-order valence-corrected chi connectivity index (χ4v) is 2.43. The number of nitrogens with one attached hydrogen (secondary N) is 1. The lowest BCUT2D eigenvalue weighted by atomic mass is 10.1. The zero-order chi connectivity index (χ0) is 14.5. The van der Waals surface area contributed by atoms with Gasteiger partial charge < -0.3 is 11.1 Å². The summed E-state index contributed by atoms with van der Waals surface area (Å²) in [6.45, 7) is 2.90. The molecule has 1 aliphatic rings. The minimum atomic E-state index is -0.334. The zero-order valence-electron chi connectivity index (χ0n) is 11.5. The lowest BCUT2D eigenvalue weighted by Gasteiger charge is -2.22. The van der Waals surface area contributed by atoms with Gasteiger partial charge in [0.05, 0.1) is 42.9 Å². The molecule has 1 fully saturated rings. The maximum atomic E-state index is 11.1. The summed E-state index contributed by atoms with van der Waals surface area (Å²) in [5.41, 5.74) is 6.80. The van der Waals surface area contributed by atoms with Gasteiger partial charge in [-0.15, -0.1) is 0 Å². The van der Waals surface area contributed by atoms with Crippen molar-refractivity contribution in [3.63, 3.8) is 0 Å². The highest BCUT2D eigenvalue weighted by atomic mass is 16.1. The molecule has 3 N–H and O–H groups in total. The van der Waals surface area contributed by atoms with Gasteiger partial charge in [-0.05, 0) is 19.4 Å². The molecule has 2 amide bonds. The molecule has 108 valence electrons. The van der Waals surface area contributed by atoms with Gasteiger partial charge in [-0.1, -0.05) is 0 Å². The molecule has 20 heavy (non-hydrogen) atoms. The first-order valence-electron chi connectivity index (χ1n) is 6.64. The number of carbonyl (C=O) groups is 2. The number of likely N-dealkylation sites (tertiary alicyclic amines) is 1. The molecule has 1 aromatic rings. The topological polar surface area (TPSA) is 101 Å². The van der Waals surface area contributed by atoms with E-state index in [2.05, 4.69) is 15.3 Å². The molecule has 0 aliphatic carbocycles. The molecule has 1 atom stereocenters. The van der Waals surface area contributed by atoms with Gasteiger partial charge in [-0.25, -0.2) is 0 Å². The van der Waals surface area contributed by atoms with E-state index in [-0.39, 0.29) is 24.4 Å². The Morgan fingerprint density at radius 2 is 2.30 bits per heavy atom. The summed E-state index contributed by atoms with van der Waals surface area (Å²) >= 11 is 0. The molecule has 1 aromatic heterocycles. The SMILES string of the molecule is CC(=O)NCc1cncc([C@H]2CCCN2CC(N)=O)n1. The van der Waals surface area contributed by atoms with Gasteiger partial charge >= 0.3 is 0 Å². The van der Waals surface area contributed by atoms with Crippen molar-refractivity contribution in [1.82, 2.24) is 20.2 Å². The maximum absolute atomic E-state index is 11.1. The summed E-state index contributed by atoms with van der Waals surface area (Å²) in [7, 11) is 0. The standard InChI is InChI=1S/C13H19N5O2/c1-9(19)16-6-10-5-15-7-11(17-10)12-3-2-4-18(12)8-13(14)20/h5,7,12H,2-4,6,8H2,1H3,(H2,14,20)(H,16,19)/t12-/m1/s1. The van der Waals surface area contributed by atoms with Gasteiger partial charge in [0.1, 0.15) is 0 Å². The zero-order valence-corrected chi connectivity index (χ0v) is 11.5. The minimum Gasteiger partial charge on any atom is -0.369 e. The lowest BCUT2D eigenvalue weighted by molar-refractivity contribution is -0.120. The number of carbonyl (C=O) groups excluding carboxylic acids is 2. The van der Waals surface area contributed by atoms with Crippen molar-refractivity contribution in [2.24, 2.45) is 5.73 Å². The third kappa shape index (κ3) is 3.74. The second kappa shape index (κ2) is 6.42. The van der Waals surface area contributed by atoms with Gasteiger partial charge in [0.2, 0.25) is 11.8 Å². The van der Waals surface area contributed by atoms with E-state index in [0.29, 0.717) is 12.2 Å². The summed E-state index contributed by atoms with van der Waals surface area (Å²) in [5.74, 6) is -0.437. The van der Waals surface area contributed by atoms with Crippen molar-refractivity contribution < 1.29 is 9.59 Å². The molecule has 0 bridgehead atoms. The predicted octanol–water partition coefficient (Wildman–Crippen LogP) is -0.265. The fourth-order valence-electron chi connectivity index (χ4n) is 2.43. The van der Waals surface area contributed by atoms with Crippen LogP contribution in [0.2, 0.25) is 0 Å². The number of nitrogens with zero attached hydrogens (tertiary/aromatic N) is 3. The van der Waals surface area contributed by atoms with Crippen LogP contribution < -0.4 is 11.1 Å². The quantitative estimate of drug-likeness (QED) is 0.772. The molecule has 1 saturated heterocycles. The second-order valence-electron chi connectivity index (χ2n) is 4.94. The van der Waals surface area contributed by atoms with Gasteiger partial charge in [0.25, 0.3) is 0 Å². The Labute approximate surface area is 117 Å². The largest absolute Gasteiger partial charge is 0.369 e. The Kier molecular flexibility index (Phi) is 4.62. The fraction of sp³-hybridized carbons (Fsp3) is 0.538. The molecule has 0 aromatic carbocycles. The summed E-state index contributed by atoms with van der Waals surface area (Å²) in [5, 5.41) is 2.69. The molecule has 2 rings (SSSR count). The maximum Gasteiger partial charge on any atom is 0.231 e. The van der Waals surface area contributed by atoms with Crippen molar-refractivity contribution in [3.05, 3.63) is 23.8 Å². The van der Waals surface area contributed by atoms with E-state index >= 15 is 0 Å². The Morgan fingerprint density at radius 1 is 1.50 bits per heavy atom. The van der Waals surface area contributed by atoms with E-state index in [1.165, 1.54) is 6.92 Å². The Balaban J connectivity index is 2.09. The number of amides is 2. The van der Waals surface area contributed by atoms with Crippen LogP contribution in [0.3, 0.4) is 0 Å². The minimum absolute atomic E-state index is 0.0762. The first-order valence-corrected chi connectivity index (χ1v) is 6.64. The van der Waals surface area contributed by atoms with Crippen LogP contribution in [0.25, 0.3) is 0 Å². The Hall–Kier alpha value is -2.02. The molecule has 0 radical (unpaired) electrons. The van der Waals surface area contributed by atoms with Crippen LogP contribution in [0.15, 0.2) is 12.4 Å². The monoisotopic (exact) mass is 277 g/mol. The first-order chi connectivity index (χ1) is 9.56. The molecule has 2 heterocycles. The van der Waals surface area contributed by atoms with Crippen LogP contribution in [0.4, 0.5) is 0 Å². The summed E-state index contributed by atoms with van der Waals surface area (Å²) in [6, 6.07) is 0.0762. The number of nitrogens with two attached hydrogens (primary N) is 1. The van der Waals surface area contributed by atoms with Crippen LogP contribution >= 0.6 is 0 Å². The summed E-state index contributed by atoms with van der Waals surface area (Å²) in [6.07, 6.45) is 5.29. The summed E-state index contributed by atoms with van der Waals surface area (Å²) in [4.78, 5) is 32.7. The normalized spacial score (nSPS) is 18.9. The molecule has 1 aliphatic heterocycles. The van der Waals surface area contributed by atoms with Crippen LogP contribution in [-0.2, 0) is 16.1 Å². The summed E-state index contributed by atoms with van der Waals surface area (Å²) < 4.78 is 0. The number of hydrogen-bond donors (Lipinski definition) is 2. The molecule has 7 nitrogen and oxygen atoms in total. The highest BCUT2D eigenvalue weighted by Crippen LogP contribution is 2.29. The van der Waals surface area contributed by atoms with Gasteiger partial charge in [-0.3, -0.25) is 24.5 Å². The van der Waals surface area contributed by atoms with Crippen LogP contribution in [0.1, 0.15) is 37.2 Å². The lowest BCUT2D eigenvalue weighted by Crippen LogP contribution is -2.33. The average Bonchev–Trinajstić information content (AvgIpc) is 2.84. The third-order valence-corrected chi connectivity index (χ3v) is 3.29.